The highest BCUT2D eigenvalue weighted by molar-refractivity contribution is 7.13. The van der Waals surface area contributed by atoms with Crippen LogP contribution >= 0.6 is 11.3 Å². The second-order valence-electron chi connectivity index (χ2n) is 4.54. The van der Waals surface area contributed by atoms with Gasteiger partial charge in [0.2, 0.25) is 5.13 Å². The van der Waals surface area contributed by atoms with Crippen molar-refractivity contribution in [3.63, 3.8) is 0 Å². The monoisotopic (exact) mass is 226 g/mol. The number of hydrogen-bond acceptors (Lipinski definition) is 5. The summed E-state index contributed by atoms with van der Waals surface area (Å²) in [6.45, 7) is 2.99. The normalized spacial score (nSPS) is 31.5. The molecule has 1 aliphatic carbocycles. The first kappa shape index (κ1) is 10.8. The molecule has 0 aromatic carbocycles. The van der Waals surface area contributed by atoms with Crippen LogP contribution in [0.1, 0.15) is 32.6 Å². The van der Waals surface area contributed by atoms with Crippen LogP contribution in [0.15, 0.2) is 5.51 Å². The van der Waals surface area contributed by atoms with Crippen LogP contribution in [0.5, 0.6) is 0 Å². The number of rotatable bonds is 3. The molecule has 84 valence electrons. The molecule has 0 atom stereocenters. The average molecular weight is 226 g/mol. The molecule has 1 aromatic rings. The van der Waals surface area contributed by atoms with E-state index in [1.807, 2.05) is 0 Å². The van der Waals surface area contributed by atoms with E-state index in [9.17, 15) is 0 Å². The van der Waals surface area contributed by atoms with Crippen molar-refractivity contribution in [2.45, 2.75) is 38.1 Å². The van der Waals surface area contributed by atoms with Gasteiger partial charge in [-0.05, 0) is 31.6 Å². The maximum Gasteiger partial charge on any atom is 0.205 e. The topological polar surface area (TPSA) is 63.8 Å². The van der Waals surface area contributed by atoms with Crippen molar-refractivity contribution >= 4 is 16.5 Å². The summed E-state index contributed by atoms with van der Waals surface area (Å²) in [7, 11) is 0. The molecule has 1 heterocycles. The van der Waals surface area contributed by atoms with Gasteiger partial charge in [0.15, 0.2) is 0 Å². The first-order valence-corrected chi connectivity index (χ1v) is 6.36. The van der Waals surface area contributed by atoms with Gasteiger partial charge in [0.25, 0.3) is 0 Å². The second-order valence-corrected chi connectivity index (χ2v) is 5.37. The number of nitrogens with two attached hydrogens (primary N) is 1. The van der Waals surface area contributed by atoms with E-state index in [1.54, 1.807) is 16.8 Å². The number of nitrogens with zero attached hydrogens (tertiary/aromatic N) is 2. The summed E-state index contributed by atoms with van der Waals surface area (Å²) in [5, 5.41) is 12.2. The van der Waals surface area contributed by atoms with E-state index < -0.39 is 0 Å². The van der Waals surface area contributed by atoms with Crippen molar-refractivity contribution in [3.8, 4) is 0 Å². The standard InChI is InChI=1S/C10H18N4S/c1-8-2-4-10(6-11,5-3-8)13-9-14-12-7-15-9/h7-8H,2-6,11H2,1H3,(H,13,14). The van der Waals surface area contributed by atoms with Crippen LogP contribution in [-0.4, -0.2) is 22.3 Å². The van der Waals surface area contributed by atoms with E-state index in [-0.39, 0.29) is 5.54 Å². The maximum atomic E-state index is 5.89. The lowest BCUT2D eigenvalue weighted by Crippen LogP contribution is -2.48. The SMILES string of the molecule is CC1CCC(CN)(Nc2nncs2)CC1. The van der Waals surface area contributed by atoms with Crippen molar-refractivity contribution in [1.29, 1.82) is 0 Å². The van der Waals surface area contributed by atoms with Crippen molar-refractivity contribution in [2.24, 2.45) is 11.7 Å². The van der Waals surface area contributed by atoms with E-state index >= 15 is 0 Å². The predicted molar refractivity (Wildman–Crippen MR) is 62.9 cm³/mol. The van der Waals surface area contributed by atoms with Crippen molar-refractivity contribution < 1.29 is 0 Å². The van der Waals surface area contributed by atoms with Gasteiger partial charge in [-0.25, -0.2) is 0 Å². The molecule has 0 amide bonds. The fourth-order valence-electron chi connectivity index (χ4n) is 2.15. The van der Waals surface area contributed by atoms with Gasteiger partial charge in [0.1, 0.15) is 5.51 Å². The molecule has 3 N–H and O–H groups in total. The van der Waals surface area contributed by atoms with Gasteiger partial charge in [0.05, 0.1) is 5.54 Å². The Morgan fingerprint density at radius 1 is 1.60 bits per heavy atom. The van der Waals surface area contributed by atoms with Crippen LogP contribution in [0.4, 0.5) is 5.13 Å². The molecule has 1 aliphatic rings. The summed E-state index contributed by atoms with van der Waals surface area (Å²) >= 11 is 1.54. The zero-order chi connectivity index (χ0) is 10.7. The Balaban J connectivity index is 2.02. The van der Waals surface area contributed by atoms with Crippen LogP contribution < -0.4 is 11.1 Å². The van der Waals surface area contributed by atoms with Crippen molar-refractivity contribution in [2.75, 3.05) is 11.9 Å². The van der Waals surface area contributed by atoms with Gasteiger partial charge in [-0.2, -0.15) is 0 Å². The molecule has 5 heteroatoms. The summed E-state index contributed by atoms with van der Waals surface area (Å²) in [5.41, 5.74) is 7.70. The Kier molecular flexibility index (Phi) is 3.21. The zero-order valence-corrected chi connectivity index (χ0v) is 9.89. The largest absolute Gasteiger partial charge is 0.353 e. The highest BCUT2D eigenvalue weighted by Gasteiger charge is 2.33. The number of anilines is 1. The summed E-state index contributed by atoms with van der Waals surface area (Å²) in [6.07, 6.45) is 4.79. The summed E-state index contributed by atoms with van der Waals surface area (Å²) < 4.78 is 0. The van der Waals surface area contributed by atoms with Gasteiger partial charge in [-0.3, -0.25) is 0 Å². The van der Waals surface area contributed by atoms with Crippen LogP contribution in [0.25, 0.3) is 0 Å². The molecule has 0 bridgehead atoms. The van der Waals surface area contributed by atoms with E-state index in [2.05, 4.69) is 22.4 Å². The summed E-state index contributed by atoms with van der Waals surface area (Å²) in [6, 6.07) is 0. The number of nitrogens with one attached hydrogen (secondary N) is 1. The summed E-state index contributed by atoms with van der Waals surface area (Å²) in [5.74, 6) is 0.834. The smallest absolute Gasteiger partial charge is 0.205 e. The molecule has 0 unspecified atom stereocenters. The van der Waals surface area contributed by atoms with Gasteiger partial charge >= 0.3 is 0 Å². The highest BCUT2D eigenvalue weighted by atomic mass is 32.1. The first-order chi connectivity index (χ1) is 7.24. The lowest BCUT2D eigenvalue weighted by atomic mass is 9.77. The minimum Gasteiger partial charge on any atom is -0.353 e. The van der Waals surface area contributed by atoms with Gasteiger partial charge in [0, 0.05) is 6.54 Å². The molecular formula is C10H18N4S. The van der Waals surface area contributed by atoms with E-state index in [0.29, 0.717) is 6.54 Å². The van der Waals surface area contributed by atoms with E-state index in [0.717, 1.165) is 23.9 Å². The lowest BCUT2D eigenvalue weighted by molar-refractivity contribution is 0.271. The molecule has 1 fully saturated rings. The average Bonchev–Trinajstić information content (AvgIpc) is 2.75. The lowest BCUT2D eigenvalue weighted by Gasteiger charge is -2.39. The Morgan fingerprint density at radius 2 is 2.33 bits per heavy atom. The molecule has 0 radical (unpaired) electrons. The Hall–Kier alpha value is -0.680. The van der Waals surface area contributed by atoms with Crippen molar-refractivity contribution in [3.05, 3.63) is 5.51 Å². The first-order valence-electron chi connectivity index (χ1n) is 5.48. The molecule has 1 aromatic heterocycles. The molecule has 4 nitrogen and oxygen atoms in total. The quantitative estimate of drug-likeness (QED) is 0.825. The molecule has 15 heavy (non-hydrogen) atoms. The van der Waals surface area contributed by atoms with Crippen LogP contribution in [0, 0.1) is 5.92 Å². The molecule has 0 spiro atoms. The Labute approximate surface area is 94.3 Å². The zero-order valence-electron chi connectivity index (χ0n) is 9.07. The number of aromatic nitrogens is 2. The third kappa shape index (κ3) is 2.46. The number of hydrogen-bond donors (Lipinski definition) is 2. The fourth-order valence-corrected chi connectivity index (χ4v) is 2.71. The third-order valence-electron chi connectivity index (χ3n) is 3.35. The van der Waals surface area contributed by atoms with Gasteiger partial charge < -0.3 is 11.1 Å². The third-order valence-corrected chi connectivity index (χ3v) is 3.96. The second kappa shape index (κ2) is 4.45. The Bertz CT molecular complexity index is 290. The molecular weight excluding hydrogens is 208 g/mol. The van der Waals surface area contributed by atoms with Crippen LogP contribution in [0.2, 0.25) is 0 Å². The fraction of sp³-hybridized carbons (Fsp3) is 0.800. The van der Waals surface area contributed by atoms with Gasteiger partial charge in [-0.15, -0.1) is 10.2 Å². The minimum absolute atomic E-state index is 0.0616. The van der Waals surface area contributed by atoms with E-state index in [1.165, 1.54) is 12.8 Å². The molecule has 2 rings (SSSR count). The Morgan fingerprint density at radius 3 is 2.87 bits per heavy atom. The minimum atomic E-state index is 0.0616. The van der Waals surface area contributed by atoms with E-state index in [4.69, 9.17) is 5.73 Å². The molecule has 0 saturated heterocycles. The molecule has 0 aliphatic heterocycles. The maximum absolute atomic E-state index is 5.89. The summed E-state index contributed by atoms with van der Waals surface area (Å²) in [4.78, 5) is 0. The van der Waals surface area contributed by atoms with Crippen LogP contribution in [0.3, 0.4) is 0 Å². The van der Waals surface area contributed by atoms with Crippen molar-refractivity contribution in [1.82, 2.24) is 10.2 Å². The highest BCUT2D eigenvalue weighted by Crippen LogP contribution is 2.34. The predicted octanol–water partition coefficient (Wildman–Crippen LogP) is 1.86. The van der Waals surface area contributed by atoms with Gasteiger partial charge in [-0.1, -0.05) is 18.3 Å². The molecule has 1 saturated carbocycles. The van der Waals surface area contributed by atoms with Crippen LogP contribution in [-0.2, 0) is 0 Å².